The van der Waals surface area contributed by atoms with E-state index >= 15 is 0 Å². The Bertz CT molecular complexity index is 379. The van der Waals surface area contributed by atoms with Crippen molar-refractivity contribution in [3.63, 3.8) is 0 Å². The number of ether oxygens (including phenoxy) is 1. The van der Waals surface area contributed by atoms with Gasteiger partial charge in [-0.05, 0) is 5.56 Å². The number of benzene rings is 1. The minimum atomic E-state index is -0.516. The number of rotatable bonds is 4. The Morgan fingerprint density at radius 3 is 2.53 bits per heavy atom. The Kier molecular flexibility index (Phi) is 5.00. The summed E-state index contributed by atoms with van der Waals surface area (Å²) >= 11 is 0. The molecule has 0 radical (unpaired) electrons. The fraction of sp³-hybridized carbons (Fsp3) is 0.333. The Morgan fingerprint density at radius 2 is 1.94 bits per heavy atom. The second kappa shape index (κ2) is 6.52. The maximum atomic E-state index is 11.5. The van der Waals surface area contributed by atoms with E-state index in [1.165, 1.54) is 19.0 Å². The number of nitrogens with zero attached hydrogens (tertiary/aromatic N) is 1. The average molecular weight is 236 g/mol. The number of amides is 2. The van der Waals surface area contributed by atoms with E-state index in [9.17, 15) is 9.59 Å². The lowest BCUT2D eigenvalue weighted by molar-refractivity contribution is -0.121. The highest BCUT2D eigenvalue weighted by atomic mass is 16.6. The Balaban J connectivity index is 2.37. The average Bonchev–Trinajstić information content (AvgIpc) is 2.36. The van der Waals surface area contributed by atoms with Crippen molar-refractivity contribution in [1.82, 2.24) is 10.2 Å². The van der Waals surface area contributed by atoms with Crippen molar-refractivity contribution in [3.8, 4) is 0 Å². The molecule has 17 heavy (non-hydrogen) atoms. The zero-order chi connectivity index (χ0) is 12.7. The first kappa shape index (κ1) is 13.0. The normalized spacial score (nSPS) is 9.53. The minimum absolute atomic E-state index is 0.00980. The summed E-state index contributed by atoms with van der Waals surface area (Å²) in [6.45, 7) is 0.196. The number of nitrogens with one attached hydrogen (secondary N) is 1. The first-order valence-corrected chi connectivity index (χ1v) is 5.26. The van der Waals surface area contributed by atoms with Gasteiger partial charge in [-0.15, -0.1) is 0 Å². The summed E-state index contributed by atoms with van der Waals surface area (Å²) in [7, 11) is 3.04. The Morgan fingerprint density at radius 1 is 1.29 bits per heavy atom. The molecule has 0 unspecified atom stereocenters. The fourth-order valence-corrected chi connectivity index (χ4v) is 1.19. The lowest BCUT2D eigenvalue weighted by atomic mass is 10.2. The van der Waals surface area contributed by atoms with E-state index in [2.05, 4.69) is 5.32 Å². The second-order valence-electron chi connectivity index (χ2n) is 3.57. The molecule has 0 heterocycles. The number of carbonyl (C=O) groups excluding carboxylic acids is 2. The first-order valence-electron chi connectivity index (χ1n) is 5.26. The molecule has 1 aromatic rings. The van der Waals surface area contributed by atoms with Gasteiger partial charge in [0.25, 0.3) is 0 Å². The molecule has 0 saturated carbocycles. The van der Waals surface area contributed by atoms with Crippen molar-refractivity contribution < 1.29 is 14.3 Å². The van der Waals surface area contributed by atoms with E-state index in [1.54, 1.807) is 0 Å². The van der Waals surface area contributed by atoms with Crippen LogP contribution in [0.25, 0.3) is 0 Å². The van der Waals surface area contributed by atoms with Crippen LogP contribution in [0.3, 0.4) is 0 Å². The van der Waals surface area contributed by atoms with Gasteiger partial charge in [-0.1, -0.05) is 30.3 Å². The Hall–Kier alpha value is -2.04. The van der Waals surface area contributed by atoms with Crippen LogP contribution in [0.4, 0.5) is 4.79 Å². The van der Waals surface area contributed by atoms with E-state index in [4.69, 9.17) is 4.74 Å². The van der Waals surface area contributed by atoms with Crippen LogP contribution in [0, 0.1) is 0 Å². The third-order valence-electron chi connectivity index (χ3n) is 2.18. The van der Waals surface area contributed by atoms with Crippen LogP contribution in [0.5, 0.6) is 0 Å². The van der Waals surface area contributed by atoms with Crippen molar-refractivity contribution in [2.75, 3.05) is 20.6 Å². The molecule has 0 bridgehead atoms. The van der Waals surface area contributed by atoms with Gasteiger partial charge in [0.05, 0.1) is 0 Å². The van der Waals surface area contributed by atoms with Crippen LogP contribution >= 0.6 is 0 Å². The zero-order valence-corrected chi connectivity index (χ0v) is 9.97. The molecule has 92 valence electrons. The van der Waals surface area contributed by atoms with E-state index in [1.807, 2.05) is 30.3 Å². The molecule has 0 aliphatic carbocycles. The largest absolute Gasteiger partial charge is 0.445 e. The first-order chi connectivity index (χ1) is 8.13. The molecule has 0 aliphatic heterocycles. The van der Waals surface area contributed by atoms with Gasteiger partial charge in [0, 0.05) is 14.1 Å². The topological polar surface area (TPSA) is 58.6 Å². The number of carbonyl (C=O) groups is 2. The minimum Gasteiger partial charge on any atom is -0.445 e. The van der Waals surface area contributed by atoms with Gasteiger partial charge in [-0.25, -0.2) is 4.79 Å². The molecule has 1 aromatic carbocycles. The van der Waals surface area contributed by atoms with Crippen molar-refractivity contribution in [3.05, 3.63) is 35.9 Å². The van der Waals surface area contributed by atoms with Gasteiger partial charge < -0.3 is 15.0 Å². The van der Waals surface area contributed by atoms with Gasteiger partial charge in [-0.2, -0.15) is 0 Å². The third kappa shape index (κ3) is 4.55. The monoisotopic (exact) mass is 236 g/mol. The molecular formula is C12H16N2O3. The molecular weight excluding hydrogens is 220 g/mol. The van der Waals surface area contributed by atoms with E-state index < -0.39 is 6.09 Å². The molecule has 1 N–H and O–H groups in total. The summed E-state index contributed by atoms with van der Waals surface area (Å²) in [5.41, 5.74) is 0.911. The quantitative estimate of drug-likeness (QED) is 0.848. The van der Waals surface area contributed by atoms with Gasteiger partial charge in [0.15, 0.2) is 0 Å². The van der Waals surface area contributed by atoms with E-state index in [0.717, 1.165) is 5.56 Å². The van der Waals surface area contributed by atoms with Crippen molar-refractivity contribution in [2.24, 2.45) is 0 Å². The lowest BCUT2D eigenvalue weighted by Crippen LogP contribution is -2.37. The highest BCUT2D eigenvalue weighted by Gasteiger charge is 2.12. The summed E-state index contributed by atoms with van der Waals surface area (Å²) in [5.74, 6) is -0.232. The van der Waals surface area contributed by atoms with Gasteiger partial charge in [0.1, 0.15) is 13.2 Å². The summed E-state index contributed by atoms with van der Waals surface area (Å²) in [4.78, 5) is 23.8. The lowest BCUT2D eigenvalue weighted by Gasteiger charge is -2.15. The maximum Gasteiger partial charge on any atom is 0.410 e. The molecule has 0 saturated heterocycles. The smallest absolute Gasteiger partial charge is 0.410 e. The third-order valence-corrected chi connectivity index (χ3v) is 2.18. The van der Waals surface area contributed by atoms with Crippen molar-refractivity contribution in [1.29, 1.82) is 0 Å². The molecule has 0 aromatic heterocycles. The maximum absolute atomic E-state index is 11.5. The van der Waals surface area contributed by atoms with Crippen LogP contribution in [-0.2, 0) is 16.1 Å². The summed E-state index contributed by atoms with van der Waals surface area (Å²) in [6, 6.07) is 9.37. The Labute approximate surface area is 100 Å². The number of likely N-dealkylation sites (N-methyl/N-ethyl adjacent to an activating group) is 2. The molecule has 2 amide bonds. The van der Waals surface area contributed by atoms with Gasteiger partial charge in [-0.3, -0.25) is 4.79 Å². The van der Waals surface area contributed by atoms with Gasteiger partial charge >= 0.3 is 6.09 Å². The van der Waals surface area contributed by atoms with Crippen LogP contribution in [0.1, 0.15) is 5.56 Å². The zero-order valence-electron chi connectivity index (χ0n) is 9.97. The number of hydrogen-bond acceptors (Lipinski definition) is 3. The highest BCUT2D eigenvalue weighted by molar-refractivity contribution is 5.81. The summed E-state index contributed by atoms with van der Waals surface area (Å²) in [5, 5.41) is 2.44. The SMILES string of the molecule is CNC(=O)CN(C)C(=O)OCc1ccccc1. The van der Waals surface area contributed by atoms with E-state index in [0.29, 0.717) is 0 Å². The van der Waals surface area contributed by atoms with Crippen molar-refractivity contribution in [2.45, 2.75) is 6.61 Å². The summed E-state index contributed by atoms with van der Waals surface area (Å²) in [6.07, 6.45) is -0.516. The van der Waals surface area contributed by atoms with Crippen LogP contribution in [-0.4, -0.2) is 37.5 Å². The predicted molar refractivity (Wildman–Crippen MR) is 63.3 cm³/mol. The predicted octanol–water partition coefficient (Wildman–Crippen LogP) is 1.00. The van der Waals surface area contributed by atoms with Gasteiger partial charge in [0.2, 0.25) is 5.91 Å². The van der Waals surface area contributed by atoms with Crippen LogP contribution in [0.2, 0.25) is 0 Å². The van der Waals surface area contributed by atoms with Crippen LogP contribution < -0.4 is 5.32 Å². The fourth-order valence-electron chi connectivity index (χ4n) is 1.19. The highest BCUT2D eigenvalue weighted by Crippen LogP contribution is 2.02. The molecule has 0 aliphatic rings. The van der Waals surface area contributed by atoms with E-state index in [-0.39, 0.29) is 19.1 Å². The number of hydrogen-bond donors (Lipinski definition) is 1. The van der Waals surface area contributed by atoms with Crippen LogP contribution in [0.15, 0.2) is 30.3 Å². The standard InChI is InChI=1S/C12H16N2O3/c1-13-11(15)8-14(2)12(16)17-9-10-6-4-3-5-7-10/h3-7H,8-9H2,1-2H3,(H,13,15). The molecule has 0 atom stereocenters. The molecule has 5 heteroatoms. The molecule has 1 rings (SSSR count). The molecule has 5 nitrogen and oxygen atoms in total. The summed E-state index contributed by atoms with van der Waals surface area (Å²) < 4.78 is 5.04. The second-order valence-corrected chi connectivity index (χ2v) is 3.57. The molecule has 0 fully saturated rings. The van der Waals surface area contributed by atoms with Crippen molar-refractivity contribution >= 4 is 12.0 Å². The molecule has 0 spiro atoms.